The highest BCUT2D eigenvalue weighted by Gasteiger charge is 2.24. The lowest BCUT2D eigenvalue weighted by Crippen LogP contribution is -2.44. The van der Waals surface area contributed by atoms with Crippen LogP contribution in [0, 0.1) is 0 Å². The molecule has 0 atom stereocenters. The lowest BCUT2D eigenvalue weighted by molar-refractivity contribution is 0.536. The average molecular weight is 411 g/mol. The largest absolute Gasteiger partial charge is 0.294 e. The lowest BCUT2D eigenvalue weighted by atomic mass is 10.2. The van der Waals surface area contributed by atoms with E-state index in [0.717, 1.165) is 13.1 Å². The van der Waals surface area contributed by atoms with E-state index >= 15 is 0 Å². The summed E-state index contributed by atoms with van der Waals surface area (Å²) < 4.78 is 0. The summed E-state index contributed by atoms with van der Waals surface area (Å²) in [6.07, 6.45) is 0. The zero-order valence-corrected chi connectivity index (χ0v) is 17.9. The fourth-order valence-electron chi connectivity index (χ4n) is 3.50. The molecular formula is C27H27N2P. The Morgan fingerprint density at radius 1 is 0.467 bits per heavy atom. The maximum atomic E-state index is 3.82. The number of rotatable bonds is 9. The van der Waals surface area contributed by atoms with Crippen LogP contribution in [0.5, 0.6) is 0 Å². The molecule has 0 aliphatic carbocycles. The van der Waals surface area contributed by atoms with Crippen LogP contribution < -0.4 is 21.2 Å². The molecule has 2 nitrogen and oxygen atoms in total. The Morgan fingerprint density at radius 2 is 0.800 bits per heavy atom. The minimum absolute atomic E-state index is 0.144. The normalized spacial score (nSPS) is 11.1. The zero-order valence-electron chi connectivity index (χ0n) is 17.0. The Labute approximate surface area is 180 Å². The highest BCUT2D eigenvalue weighted by Crippen LogP contribution is 2.37. The van der Waals surface area contributed by atoms with E-state index in [4.69, 9.17) is 0 Å². The molecule has 0 radical (unpaired) electrons. The molecule has 0 saturated heterocycles. The average Bonchev–Trinajstić information content (AvgIpc) is 2.83. The molecule has 0 saturated carbocycles. The van der Waals surface area contributed by atoms with Gasteiger partial charge in [0, 0.05) is 13.1 Å². The second-order valence-corrected chi connectivity index (χ2v) is 9.47. The summed E-state index contributed by atoms with van der Waals surface area (Å²) in [7, 11) is -0.629. The van der Waals surface area contributed by atoms with Gasteiger partial charge in [-0.05, 0) is 29.7 Å². The van der Waals surface area contributed by atoms with Crippen LogP contribution in [0.25, 0.3) is 0 Å². The van der Waals surface area contributed by atoms with E-state index in [0.29, 0.717) is 0 Å². The van der Waals surface area contributed by atoms with Crippen LogP contribution in [0.3, 0.4) is 0 Å². The SMILES string of the molecule is c1ccc(CNC(NCc2ccccc2)P(c2ccccc2)c2ccccc2)cc1. The van der Waals surface area contributed by atoms with Gasteiger partial charge >= 0.3 is 0 Å². The van der Waals surface area contributed by atoms with Gasteiger partial charge in [-0.2, -0.15) is 0 Å². The predicted octanol–water partition coefficient (Wildman–Crippen LogP) is 4.98. The van der Waals surface area contributed by atoms with Crippen LogP contribution >= 0.6 is 7.92 Å². The number of hydrogen-bond donors (Lipinski definition) is 2. The van der Waals surface area contributed by atoms with Crippen molar-refractivity contribution in [2.24, 2.45) is 0 Å². The molecule has 0 aromatic heterocycles. The van der Waals surface area contributed by atoms with E-state index < -0.39 is 7.92 Å². The summed E-state index contributed by atoms with van der Waals surface area (Å²) in [6.45, 7) is 1.65. The van der Waals surface area contributed by atoms with Crippen molar-refractivity contribution < 1.29 is 0 Å². The standard InChI is InChI=1S/C27H27N2P/c1-5-13-23(14-6-1)21-28-27(29-22-24-15-7-2-8-16-24)30(25-17-9-3-10-18-25)26-19-11-4-12-20-26/h1-20,27-29H,21-22H2. The van der Waals surface area contributed by atoms with Gasteiger partial charge in [-0.3, -0.25) is 10.6 Å². The van der Waals surface area contributed by atoms with E-state index in [1.54, 1.807) is 0 Å². The number of benzene rings is 4. The quantitative estimate of drug-likeness (QED) is 0.300. The van der Waals surface area contributed by atoms with Gasteiger partial charge in [0.15, 0.2) is 0 Å². The maximum absolute atomic E-state index is 3.82. The van der Waals surface area contributed by atoms with E-state index in [1.165, 1.54) is 21.7 Å². The Morgan fingerprint density at radius 3 is 1.17 bits per heavy atom. The van der Waals surface area contributed by atoms with Gasteiger partial charge in [0.05, 0.1) is 5.91 Å². The second kappa shape index (κ2) is 10.8. The molecule has 0 amide bonds. The molecule has 0 aliphatic heterocycles. The Balaban J connectivity index is 1.63. The van der Waals surface area contributed by atoms with Crippen LogP contribution in [0.4, 0.5) is 0 Å². The summed E-state index contributed by atoms with van der Waals surface area (Å²) in [5.41, 5.74) is 2.58. The monoisotopic (exact) mass is 410 g/mol. The van der Waals surface area contributed by atoms with Crippen molar-refractivity contribution in [3.63, 3.8) is 0 Å². The Hall–Kier alpha value is -2.77. The molecule has 0 unspecified atom stereocenters. The highest BCUT2D eigenvalue weighted by atomic mass is 31.1. The van der Waals surface area contributed by atoms with Crippen LogP contribution in [-0.4, -0.2) is 5.91 Å². The summed E-state index contributed by atoms with van der Waals surface area (Å²) in [6, 6.07) is 43.0. The molecule has 0 spiro atoms. The van der Waals surface area contributed by atoms with Crippen molar-refractivity contribution in [1.29, 1.82) is 0 Å². The van der Waals surface area contributed by atoms with Crippen LogP contribution in [-0.2, 0) is 13.1 Å². The van der Waals surface area contributed by atoms with Crippen LogP contribution in [0.2, 0.25) is 0 Å². The first-order valence-electron chi connectivity index (χ1n) is 10.3. The summed E-state index contributed by atoms with van der Waals surface area (Å²) >= 11 is 0. The Bertz CT molecular complexity index is 909. The molecule has 4 rings (SSSR count). The van der Waals surface area contributed by atoms with Crippen molar-refractivity contribution >= 4 is 18.5 Å². The molecule has 2 N–H and O–H groups in total. The molecule has 150 valence electrons. The fraction of sp³-hybridized carbons (Fsp3) is 0.111. The van der Waals surface area contributed by atoms with E-state index in [-0.39, 0.29) is 5.91 Å². The first-order chi connectivity index (χ1) is 14.9. The van der Waals surface area contributed by atoms with E-state index in [9.17, 15) is 0 Å². The van der Waals surface area contributed by atoms with Crippen molar-refractivity contribution in [1.82, 2.24) is 10.6 Å². The lowest BCUT2D eigenvalue weighted by Gasteiger charge is -2.30. The molecular weight excluding hydrogens is 383 g/mol. The van der Waals surface area contributed by atoms with Crippen LogP contribution in [0.15, 0.2) is 121 Å². The molecule has 0 bridgehead atoms. The maximum Gasteiger partial charge on any atom is 0.0863 e. The summed E-state index contributed by atoms with van der Waals surface area (Å²) in [5, 5.41) is 10.4. The topological polar surface area (TPSA) is 24.1 Å². The molecule has 0 heterocycles. The first kappa shape index (κ1) is 20.5. The minimum Gasteiger partial charge on any atom is -0.294 e. The third kappa shape index (κ3) is 5.64. The van der Waals surface area contributed by atoms with Gasteiger partial charge in [-0.25, -0.2) is 0 Å². The highest BCUT2D eigenvalue weighted by molar-refractivity contribution is 7.73. The number of nitrogens with one attached hydrogen (secondary N) is 2. The smallest absolute Gasteiger partial charge is 0.0863 e. The van der Waals surface area contributed by atoms with Gasteiger partial charge in [0.2, 0.25) is 0 Å². The van der Waals surface area contributed by atoms with Crippen LogP contribution in [0.1, 0.15) is 11.1 Å². The molecule has 3 heteroatoms. The molecule has 4 aromatic rings. The second-order valence-electron chi connectivity index (χ2n) is 7.18. The molecule has 4 aromatic carbocycles. The molecule has 0 aliphatic rings. The van der Waals surface area contributed by atoms with Crippen molar-refractivity contribution in [3.8, 4) is 0 Å². The predicted molar refractivity (Wildman–Crippen MR) is 129 cm³/mol. The van der Waals surface area contributed by atoms with Gasteiger partial charge in [-0.15, -0.1) is 0 Å². The summed E-state index contributed by atoms with van der Waals surface area (Å²) in [4.78, 5) is 0. The van der Waals surface area contributed by atoms with E-state index in [2.05, 4.69) is 132 Å². The minimum atomic E-state index is -0.629. The number of hydrogen-bond acceptors (Lipinski definition) is 2. The van der Waals surface area contributed by atoms with Crippen molar-refractivity contribution in [2.75, 3.05) is 0 Å². The van der Waals surface area contributed by atoms with Gasteiger partial charge in [0.1, 0.15) is 0 Å². The molecule has 30 heavy (non-hydrogen) atoms. The van der Waals surface area contributed by atoms with Gasteiger partial charge in [0.25, 0.3) is 0 Å². The zero-order chi connectivity index (χ0) is 20.4. The van der Waals surface area contributed by atoms with E-state index in [1.807, 2.05) is 0 Å². The molecule has 0 fully saturated rings. The third-order valence-corrected chi connectivity index (χ3v) is 7.60. The fourth-order valence-corrected chi connectivity index (χ4v) is 5.93. The summed E-state index contributed by atoms with van der Waals surface area (Å²) in [5.74, 6) is 0.144. The van der Waals surface area contributed by atoms with Crippen molar-refractivity contribution in [3.05, 3.63) is 132 Å². The first-order valence-corrected chi connectivity index (χ1v) is 11.8. The Kier molecular flexibility index (Phi) is 7.41. The van der Waals surface area contributed by atoms with Crippen molar-refractivity contribution in [2.45, 2.75) is 19.0 Å². The van der Waals surface area contributed by atoms with Gasteiger partial charge in [-0.1, -0.05) is 121 Å². The van der Waals surface area contributed by atoms with Gasteiger partial charge < -0.3 is 0 Å². The third-order valence-electron chi connectivity index (χ3n) is 5.01.